The molecule has 0 heterocycles. The van der Waals surface area contributed by atoms with Crippen LogP contribution in [-0.2, 0) is 4.79 Å². The maximum Gasteiger partial charge on any atom is 0.224 e. The molecule has 0 aliphatic heterocycles. The molecule has 3 N–H and O–H groups in total. The van der Waals surface area contributed by atoms with E-state index in [1.165, 1.54) is 24.8 Å². The van der Waals surface area contributed by atoms with Gasteiger partial charge in [0.15, 0.2) is 0 Å². The molecule has 1 amide bonds. The largest absolute Gasteiger partial charge is 0.356 e. The smallest absolute Gasteiger partial charge is 0.224 e. The van der Waals surface area contributed by atoms with Gasteiger partial charge in [0.2, 0.25) is 5.91 Å². The molecule has 1 aliphatic rings. The van der Waals surface area contributed by atoms with Crippen molar-refractivity contribution in [2.24, 2.45) is 11.7 Å². The van der Waals surface area contributed by atoms with Crippen LogP contribution in [0.2, 0.25) is 0 Å². The van der Waals surface area contributed by atoms with Crippen LogP contribution in [-0.4, -0.2) is 19.0 Å². The summed E-state index contributed by atoms with van der Waals surface area (Å²) < 4.78 is 0. The minimum absolute atomic E-state index is 0.0115. The first kappa shape index (κ1) is 12.2. The van der Waals surface area contributed by atoms with Crippen molar-refractivity contribution in [1.82, 2.24) is 5.32 Å². The number of hydrogen-bond donors (Lipinski definition) is 2. The molecule has 1 unspecified atom stereocenters. The van der Waals surface area contributed by atoms with Crippen LogP contribution in [0.5, 0.6) is 0 Å². The molecule has 3 heteroatoms. The summed E-state index contributed by atoms with van der Waals surface area (Å²) in [6.45, 7) is 3.21. The second kappa shape index (κ2) is 6.62. The zero-order valence-electron chi connectivity index (χ0n) is 9.59. The third-order valence-corrected chi connectivity index (χ3v) is 3.03. The number of nitrogens with two attached hydrogens (primary N) is 1. The molecule has 3 nitrogen and oxygen atoms in total. The predicted molar refractivity (Wildman–Crippen MR) is 62.4 cm³/mol. The molecule has 0 aromatic heterocycles. The second-order valence-corrected chi connectivity index (χ2v) is 4.14. The highest BCUT2D eigenvalue weighted by Crippen LogP contribution is 2.19. The van der Waals surface area contributed by atoms with Crippen LogP contribution in [0.25, 0.3) is 0 Å². The average Bonchev–Trinajstić information content (AvgIpc) is 2.72. The summed E-state index contributed by atoms with van der Waals surface area (Å²) in [7, 11) is 0. The quantitative estimate of drug-likeness (QED) is 0.654. The maximum absolute atomic E-state index is 11.6. The van der Waals surface area contributed by atoms with Crippen LogP contribution in [0.15, 0.2) is 11.6 Å². The van der Waals surface area contributed by atoms with Crippen LogP contribution in [0.3, 0.4) is 0 Å². The third-order valence-electron chi connectivity index (χ3n) is 3.03. The monoisotopic (exact) mass is 210 g/mol. The van der Waals surface area contributed by atoms with E-state index < -0.39 is 0 Å². The van der Waals surface area contributed by atoms with E-state index in [1.807, 2.05) is 6.92 Å². The zero-order valence-corrected chi connectivity index (χ0v) is 9.59. The van der Waals surface area contributed by atoms with Crippen molar-refractivity contribution < 1.29 is 4.79 Å². The first-order valence-corrected chi connectivity index (χ1v) is 5.93. The lowest BCUT2D eigenvalue weighted by Crippen LogP contribution is -2.35. The standard InChI is InChI=1S/C12H22N2O/c1-2-11(9-13)12(15)14-8-7-10-5-3-4-6-10/h5,11H,2-4,6-9,13H2,1H3,(H,14,15). The number of amides is 1. The fraction of sp³-hybridized carbons (Fsp3) is 0.750. The average molecular weight is 210 g/mol. The van der Waals surface area contributed by atoms with Crippen molar-refractivity contribution in [2.45, 2.75) is 39.0 Å². The van der Waals surface area contributed by atoms with Gasteiger partial charge in [-0.3, -0.25) is 4.79 Å². The lowest BCUT2D eigenvalue weighted by atomic mass is 10.1. The molecule has 0 spiro atoms. The van der Waals surface area contributed by atoms with Crippen LogP contribution in [0.1, 0.15) is 39.0 Å². The van der Waals surface area contributed by atoms with Gasteiger partial charge in [-0.05, 0) is 32.1 Å². The molecule has 0 saturated heterocycles. The number of rotatable bonds is 6. The fourth-order valence-corrected chi connectivity index (χ4v) is 1.91. The summed E-state index contributed by atoms with van der Waals surface area (Å²) in [4.78, 5) is 11.6. The fourth-order valence-electron chi connectivity index (χ4n) is 1.91. The predicted octanol–water partition coefficient (Wildman–Crippen LogP) is 1.59. The Balaban J connectivity index is 2.16. The van der Waals surface area contributed by atoms with Crippen LogP contribution in [0.4, 0.5) is 0 Å². The lowest BCUT2D eigenvalue weighted by molar-refractivity contribution is -0.124. The lowest BCUT2D eigenvalue weighted by Gasteiger charge is -2.12. The van der Waals surface area contributed by atoms with Gasteiger partial charge in [0.25, 0.3) is 0 Å². The van der Waals surface area contributed by atoms with E-state index in [0.717, 1.165) is 19.4 Å². The van der Waals surface area contributed by atoms with Gasteiger partial charge in [0, 0.05) is 19.0 Å². The van der Waals surface area contributed by atoms with E-state index in [2.05, 4.69) is 11.4 Å². The first-order valence-electron chi connectivity index (χ1n) is 5.93. The summed E-state index contributed by atoms with van der Waals surface area (Å²) in [6, 6.07) is 0. The van der Waals surface area contributed by atoms with Crippen LogP contribution in [0, 0.1) is 5.92 Å². The molecule has 86 valence electrons. The summed E-state index contributed by atoms with van der Waals surface area (Å²) >= 11 is 0. The van der Waals surface area contributed by atoms with Crippen molar-refractivity contribution in [3.8, 4) is 0 Å². The Morgan fingerprint density at radius 1 is 1.67 bits per heavy atom. The minimum Gasteiger partial charge on any atom is -0.356 e. The van der Waals surface area contributed by atoms with Gasteiger partial charge >= 0.3 is 0 Å². The van der Waals surface area contributed by atoms with Gasteiger partial charge in [0.05, 0.1) is 0 Å². The second-order valence-electron chi connectivity index (χ2n) is 4.14. The molecule has 0 aromatic rings. The Morgan fingerprint density at radius 2 is 2.47 bits per heavy atom. The van der Waals surface area contributed by atoms with Crippen LogP contribution < -0.4 is 11.1 Å². The summed E-state index contributed by atoms with van der Waals surface area (Å²) in [5, 5.41) is 2.95. The number of allylic oxidation sites excluding steroid dienone is 1. The number of nitrogens with one attached hydrogen (secondary N) is 1. The van der Waals surface area contributed by atoms with E-state index in [0.29, 0.717) is 6.54 Å². The minimum atomic E-state index is -0.0115. The summed E-state index contributed by atoms with van der Waals surface area (Å²) in [5.41, 5.74) is 7.00. The van der Waals surface area contributed by atoms with Gasteiger partial charge < -0.3 is 11.1 Å². The van der Waals surface area contributed by atoms with E-state index in [9.17, 15) is 4.79 Å². The number of carbonyl (C=O) groups excluding carboxylic acids is 1. The molecule has 15 heavy (non-hydrogen) atoms. The molecule has 0 radical (unpaired) electrons. The van der Waals surface area contributed by atoms with Gasteiger partial charge in [0.1, 0.15) is 0 Å². The molecule has 1 atom stereocenters. The van der Waals surface area contributed by atoms with Gasteiger partial charge in [-0.1, -0.05) is 18.6 Å². The Morgan fingerprint density at radius 3 is 3.00 bits per heavy atom. The van der Waals surface area contributed by atoms with Crippen LogP contribution >= 0.6 is 0 Å². The molecule has 0 saturated carbocycles. The number of carbonyl (C=O) groups is 1. The van der Waals surface area contributed by atoms with E-state index in [1.54, 1.807) is 0 Å². The molecular formula is C12H22N2O. The van der Waals surface area contributed by atoms with Gasteiger partial charge in [-0.15, -0.1) is 0 Å². The Kier molecular flexibility index (Phi) is 5.40. The van der Waals surface area contributed by atoms with Crippen molar-refractivity contribution in [1.29, 1.82) is 0 Å². The molecule has 0 aromatic carbocycles. The van der Waals surface area contributed by atoms with Gasteiger partial charge in [-0.25, -0.2) is 0 Å². The van der Waals surface area contributed by atoms with Crippen molar-refractivity contribution in [2.75, 3.05) is 13.1 Å². The normalized spacial score (nSPS) is 17.3. The highest BCUT2D eigenvalue weighted by Gasteiger charge is 2.13. The number of hydrogen-bond acceptors (Lipinski definition) is 2. The molecular weight excluding hydrogens is 188 g/mol. The van der Waals surface area contributed by atoms with E-state index >= 15 is 0 Å². The summed E-state index contributed by atoms with van der Waals surface area (Å²) in [5.74, 6) is 0.0983. The molecule has 0 fully saturated rings. The Hall–Kier alpha value is -0.830. The summed E-state index contributed by atoms with van der Waals surface area (Å²) in [6.07, 6.45) is 7.83. The molecule has 1 rings (SSSR count). The highest BCUT2D eigenvalue weighted by atomic mass is 16.1. The zero-order chi connectivity index (χ0) is 11.1. The Bertz CT molecular complexity index is 232. The van der Waals surface area contributed by atoms with Gasteiger partial charge in [-0.2, -0.15) is 0 Å². The van der Waals surface area contributed by atoms with Crippen molar-refractivity contribution in [3.05, 3.63) is 11.6 Å². The topological polar surface area (TPSA) is 55.1 Å². The molecule has 0 bridgehead atoms. The first-order chi connectivity index (χ1) is 7.27. The molecule has 1 aliphatic carbocycles. The maximum atomic E-state index is 11.6. The van der Waals surface area contributed by atoms with E-state index in [4.69, 9.17) is 5.73 Å². The SMILES string of the molecule is CCC(CN)C(=O)NCCC1=CCCC1. The highest BCUT2D eigenvalue weighted by molar-refractivity contribution is 5.78. The van der Waals surface area contributed by atoms with Crippen molar-refractivity contribution >= 4 is 5.91 Å². The van der Waals surface area contributed by atoms with E-state index in [-0.39, 0.29) is 11.8 Å². The third kappa shape index (κ3) is 4.04. The Labute approximate surface area is 92.1 Å². The van der Waals surface area contributed by atoms with Crippen molar-refractivity contribution in [3.63, 3.8) is 0 Å².